The minimum atomic E-state index is -4.28. The molecule has 0 bridgehead atoms. The van der Waals surface area contributed by atoms with E-state index < -0.39 is 12.8 Å². The van der Waals surface area contributed by atoms with Gasteiger partial charge in [0.1, 0.15) is 6.61 Å². The molecule has 7 heteroatoms. The van der Waals surface area contributed by atoms with Gasteiger partial charge in [-0.3, -0.25) is 4.99 Å². The van der Waals surface area contributed by atoms with E-state index in [-0.39, 0.29) is 13.2 Å². The summed E-state index contributed by atoms with van der Waals surface area (Å²) >= 11 is 0. The third kappa shape index (κ3) is 6.68. The molecular weight excluding hydrogens is 247 g/mol. The van der Waals surface area contributed by atoms with Crippen molar-refractivity contribution in [3.63, 3.8) is 0 Å². The van der Waals surface area contributed by atoms with Gasteiger partial charge in [0.15, 0.2) is 5.96 Å². The Balaban J connectivity index is 2.20. The van der Waals surface area contributed by atoms with Crippen molar-refractivity contribution in [1.29, 1.82) is 0 Å². The number of guanidine groups is 1. The van der Waals surface area contributed by atoms with Crippen molar-refractivity contribution in [2.75, 3.05) is 32.8 Å². The van der Waals surface area contributed by atoms with Gasteiger partial charge in [0.25, 0.3) is 0 Å². The van der Waals surface area contributed by atoms with Crippen molar-refractivity contribution in [2.24, 2.45) is 10.7 Å². The smallest absolute Gasteiger partial charge is 0.370 e. The maximum absolute atomic E-state index is 11.8. The largest absolute Gasteiger partial charge is 0.411 e. The van der Waals surface area contributed by atoms with Gasteiger partial charge in [-0.25, -0.2) is 0 Å². The SMILES string of the molecule is NC(=NCCOCC(F)(F)F)N1CCCCCC1. The maximum Gasteiger partial charge on any atom is 0.411 e. The molecule has 0 spiro atoms. The third-order valence-electron chi connectivity index (χ3n) is 2.71. The molecule has 0 aromatic carbocycles. The highest BCUT2D eigenvalue weighted by Gasteiger charge is 2.27. The average Bonchev–Trinajstić information content (AvgIpc) is 2.55. The average molecular weight is 267 g/mol. The van der Waals surface area contributed by atoms with Gasteiger partial charge < -0.3 is 15.4 Å². The lowest BCUT2D eigenvalue weighted by Crippen LogP contribution is -2.38. The highest BCUT2D eigenvalue weighted by molar-refractivity contribution is 5.78. The third-order valence-corrected chi connectivity index (χ3v) is 2.71. The predicted molar refractivity (Wildman–Crippen MR) is 63.4 cm³/mol. The molecule has 0 saturated carbocycles. The topological polar surface area (TPSA) is 50.9 Å². The first-order valence-corrected chi connectivity index (χ1v) is 6.18. The quantitative estimate of drug-likeness (QED) is 0.479. The molecule has 4 nitrogen and oxygen atoms in total. The van der Waals surface area contributed by atoms with E-state index >= 15 is 0 Å². The van der Waals surface area contributed by atoms with E-state index in [0.717, 1.165) is 25.9 Å². The molecule has 1 heterocycles. The number of hydrogen-bond acceptors (Lipinski definition) is 2. The van der Waals surface area contributed by atoms with Gasteiger partial charge in [-0.1, -0.05) is 12.8 Å². The molecule has 0 radical (unpaired) electrons. The zero-order chi connectivity index (χ0) is 13.4. The van der Waals surface area contributed by atoms with E-state index in [0.29, 0.717) is 5.96 Å². The lowest BCUT2D eigenvalue weighted by Gasteiger charge is -2.21. The summed E-state index contributed by atoms with van der Waals surface area (Å²) in [6.45, 7) is 0.621. The van der Waals surface area contributed by atoms with Crippen LogP contribution in [0.5, 0.6) is 0 Å². The Hall–Kier alpha value is -0.980. The number of nitrogens with zero attached hydrogens (tertiary/aromatic N) is 2. The molecule has 0 aromatic rings. The molecule has 1 rings (SSSR count). The molecule has 1 aliphatic heterocycles. The molecule has 1 fully saturated rings. The van der Waals surface area contributed by atoms with Crippen LogP contribution in [-0.4, -0.2) is 49.9 Å². The van der Waals surface area contributed by atoms with Gasteiger partial charge in [0.2, 0.25) is 0 Å². The highest BCUT2D eigenvalue weighted by atomic mass is 19.4. The van der Waals surface area contributed by atoms with Crippen molar-refractivity contribution in [3.05, 3.63) is 0 Å². The summed E-state index contributed by atoms with van der Waals surface area (Å²) in [7, 11) is 0. The lowest BCUT2D eigenvalue weighted by molar-refractivity contribution is -0.173. The normalized spacial score (nSPS) is 18.8. The van der Waals surface area contributed by atoms with Crippen molar-refractivity contribution in [2.45, 2.75) is 31.9 Å². The molecule has 1 saturated heterocycles. The maximum atomic E-state index is 11.8. The van der Waals surface area contributed by atoms with Crippen LogP contribution in [0.25, 0.3) is 0 Å². The number of alkyl halides is 3. The first-order chi connectivity index (χ1) is 8.49. The lowest BCUT2D eigenvalue weighted by atomic mass is 10.2. The van der Waals surface area contributed by atoms with E-state index in [2.05, 4.69) is 9.73 Å². The summed E-state index contributed by atoms with van der Waals surface area (Å²) in [5, 5.41) is 0. The number of ether oxygens (including phenoxy) is 1. The fourth-order valence-electron chi connectivity index (χ4n) is 1.81. The number of rotatable bonds is 4. The van der Waals surface area contributed by atoms with Crippen molar-refractivity contribution in [1.82, 2.24) is 4.90 Å². The number of hydrogen-bond donors (Lipinski definition) is 1. The Bertz CT molecular complexity index is 261. The Kier molecular flexibility index (Phi) is 6.24. The van der Waals surface area contributed by atoms with Crippen molar-refractivity contribution < 1.29 is 17.9 Å². The second-order valence-corrected chi connectivity index (χ2v) is 4.31. The fraction of sp³-hybridized carbons (Fsp3) is 0.909. The number of likely N-dealkylation sites (tertiary alicyclic amines) is 1. The van der Waals surface area contributed by atoms with Gasteiger partial charge in [0.05, 0.1) is 13.2 Å². The fourth-order valence-corrected chi connectivity index (χ4v) is 1.81. The summed E-state index contributed by atoms with van der Waals surface area (Å²) in [4.78, 5) is 6.02. The van der Waals surface area contributed by atoms with Gasteiger partial charge in [0, 0.05) is 13.1 Å². The Labute approximate surface area is 105 Å². The molecule has 1 aliphatic rings. The first kappa shape index (κ1) is 15.1. The highest BCUT2D eigenvalue weighted by Crippen LogP contribution is 2.14. The molecule has 0 amide bonds. The zero-order valence-corrected chi connectivity index (χ0v) is 10.4. The summed E-state index contributed by atoms with van der Waals surface area (Å²) in [6, 6.07) is 0. The Morgan fingerprint density at radius 2 is 1.78 bits per heavy atom. The van der Waals surface area contributed by atoms with Crippen LogP contribution in [0.15, 0.2) is 4.99 Å². The summed E-state index contributed by atoms with van der Waals surface area (Å²) in [6.07, 6.45) is 0.276. The standard InChI is InChI=1S/C11H20F3N3O/c12-11(13,14)9-18-8-5-16-10(15)17-6-3-1-2-4-7-17/h1-9H2,(H2,15,16). The Morgan fingerprint density at radius 1 is 1.17 bits per heavy atom. The monoisotopic (exact) mass is 267 g/mol. The van der Waals surface area contributed by atoms with Crippen LogP contribution in [0, 0.1) is 0 Å². The molecule has 0 unspecified atom stereocenters. The minimum Gasteiger partial charge on any atom is -0.370 e. The zero-order valence-electron chi connectivity index (χ0n) is 10.4. The second kappa shape index (κ2) is 7.45. The van der Waals surface area contributed by atoms with E-state index in [4.69, 9.17) is 5.73 Å². The number of halogens is 3. The summed E-state index contributed by atoms with van der Waals surface area (Å²) in [5.41, 5.74) is 5.78. The van der Waals surface area contributed by atoms with Crippen LogP contribution >= 0.6 is 0 Å². The molecule has 0 aliphatic carbocycles. The molecule has 2 N–H and O–H groups in total. The van der Waals surface area contributed by atoms with Gasteiger partial charge in [-0.15, -0.1) is 0 Å². The van der Waals surface area contributed by atoms with E-state index in [1.165, 1.54) is 12.8 Å². The van der Waals surface area contributed by atoms with Crippen LogP contribution in [0.1, 0.15) is 25.7 Å². The predicted octanol–water partition coefficient (Wildman–Crippen LogP) is 1.76. The Morgan fingerprint density at radius 3 is 2.33 bits per heavy atom. The molecule has 0 aromatic heterocycles. The van der Waals surface area contributed by atoms with Crippen LogP contribution in [-0.2, 0) is 4.74 Å². The molecule has 18 heavy (non-hydrogen) atoms. The summed E-state index contributed by atoms with van der Waals surface area (Å²) < 4.78 is 39.8. The van der Waals surface area contributed by atoms with Crippen LogP contribution < -0.4 is 5.73 Å². The first-order valence-electron chi connectivity index (χ1n) is 6.18. The van der Waals surface area contributed by atoms with Gasteiger partial charge in [-0.05, 0) is 12.8 Å². The van der Waals surface area contributed by atoms with Crippen molar-refractivity contribution >= 4 is 5.96 Å². The van der Waals surface area contributed by atoms with Crippen LogP contribution in [0.2, 0.25) is 0 Å². The van der Waals surface area contributed by atoms with Crippen molar-refractivity contribution in [3.8, 4) is 0 Å². The second-order valence-electron chi connectivity index (χ2n) is 4.31. The minimum absolute atomic E-state index is 0.0615. The molecule has 0 atom stereocenters. The molecular formula is C11H20F3N3O. The number of nitrogens with two attached hydrogens (primary N) is 1. The van der Waals surface area contributed by atoms with E-state index in [1.54, 1.807) is 0 Å². The summed E-state index contributed by atoms with van der Waals surface area (Å²) in [5.74, 6) is 0.410. The van der Waals surface area contributed by atoms with E-state index in [9.17, 15) is 13.2 Å². The van der Waals surface area contributed by atoms with E-state index in [1.807, 2.05) is 4.90 Å². The van der Waals surface area contributed by atoms with Gasteiger partial charge >= 0.3 is 6.18 Å². The van der Waals surface area contributed by atoms with Crippen LogP contribution in [0.3, 0.4) is 0 Å². The number of aliphatic imine (C=N–C) groups is 1. The van der Waals surface area contributed by atoms with Gasteiger partial charge in [-0.2, -0.15) is 13.2 Å². The molecule has 106 valence electrons. The van der Waals surface area contributed by atoms with Crippen LogP contribution in [0.4, 0.5) is 13.2 Å².